The molecule has 0 amide bonds. The van der Waals surface area contributed by atoms with E-state index < -0.39 is 0 Å². The Hall–Kier alpha value is -2.28. The van der Waals surface area contributed by atoms with Crippen LogP contribution in [0.1, 0.15) is 87.1 Å². The van der Waals surface area contributed by atoms with Gasteiger partial charge in [0.1, 0.15) is 0 Å². The molecule has 0 heterocycles. The van der Waals surface area contributed by atoms with E-state index in [4.69, 9.17) is 0 Å². The topological polar surface area (TPSA) is 3.24 Å². The number of hydrogen-bond acceptors (Lipinski definition) is 1. The van der Waals surface area contributed by atoms with Crippen molar-refractivity contribution in [1.82, 2.24) is 4.90 Å². The second kappa shape index (κ2) is 9.90. The molecule has 1 heteroatoms. The number of nitrogens with zero attached hydrogens (tertiary/aromatic N) is 1. The van der Waals surface area contributed by atoms with Gasteiger partial charge in [-0.25, -0.2) is 0 Å². The zero-order valence-corrected chi connectivity index (χ0v) is 20.4. The fourth-order valence-electron chi connectivity index (χ4n) is 5.52. The summed E-state index contributed by atoms with van der Waals surface area (Å²) in [5, 5.41) is 0. The first kappa shape index (κ1) is 23.4. The Balaban J connectivity index is 1.82. The van der Waals surface area contributed by atoms with Gasteiger partial charge in [-0.15, -0.1) is 0 Å². The second-order valence-corrected chi connectivity index (χ2v) is 10.3. The molecule has 0 saturated heterocycles. The molecule has 0 radical (unpaired) electrons. The third-order valence-corrected chi connectivity index (χ3v) is 6.99. The molecule has 166 valence electrons. The second-order valence-electron chi connectivity index (χ2n) is 10.3. The zero-order valence-electron chi connectivity index (χ0n) is 20.4. The molecule has 0 spiro atoms. The summed E-state index contributed by atoms with van der Waals surface area (Å²) in [6, 6.07) is 16.3. The smallest absolute Gasteiger partial charge is 0.0335 e. The molecule has 2 aromatic rings. The van der Waals surface area contributed by atoms with Crippen LogP contribution in [0.2, 0.25) is 0 Å². The third-order valence-electron chi connectivity index (χ3n) is 6.99. The van der Waals surface area contributed by atoms with E-state index in [-0.39, 0.29) is 5.41 Å². The van der Waals surface area contributed by atoms with Gasteiger partial charge in [0.15, 0.2) is 0 Å². The highest BCUT2D eigenvalue weighted by atomic mass is 15.2. The van der Waals surface area contributed by atoms with Crippen LogP contribution in [-0.2, 0) is 11.8 Å². The van der Waals surface area contributed by atoms with Gasteiger partial charge < -0.3 is 4.90 Å². The van der Waals surface area contributed by atoms with Crippen LogP contribution < -0.4 is 0 Å². The van der Waals surface area contributed by atoms with Gasteiger partial charge in [0.25, 0.3) is 0 Å². The van der Waals surface area contributed by atoms with Crippen molar-refractivity contribution in [2.75, 3.05) is 0 Å². The Labute approximate surface area is 190 Å². The first-order chi connectivity index (χ1) is 14.7. The van der Waals surface area contributed by atoms with Crippen molar-refractivity contribution in [1.29, 1.82) is 0 Å². The Morgan fingerprint density at radius 3 is 2.32 bits per heavy atom. The maximum Gasteiger partial charge on any atom is 0.0335 e. The van der Waals surface area contributed by atoms with E-state index in [0.29, 0.717) is 6.04 Å². The van der Waals surface area contributed by atoms with Gasteiger partial charge in [-0.2, -0.15) is 0 Å². The predicted octanol–water partition coefficient (Wildman–Crippen LogP) is 8.24. The molecule has 2 aromatic carbocycles. The SMILES string of the molecule is C=C(C)N(C(=C)CC(C)(C)c1cccc(Cc2cccc(C)c2)c1C)C1CCCCC1. The van der Waals surface area contributed by atoms with Crippen LogP contribution in [0.15, 0.2) is 67.0 Å². The van der Waals surface area contributed by atoms with Crippen molar-refractivity contribution in [2.24, 2.45) is 0 Å². The summed E-state index contributed by atoms with van der Waals surface area (Å²) >= 11 is 0. The molecule has 0 N–H and O–H groups in total. The fourth-order valence-corrected chi connectivity index (χ4v) is 5.52. The average Bonchev–Trinajstić information content (AvgIpc) is 2.69. The first-order valence-corrected chi connectivity index (χ1v) is 12.0. The minimum Gasteiger partial charge on any atom is -0.347 e. The van der Waals surface area contributed by atoms with E-state index in [2.05, 4.69) is 95.1 Å². The minimum atomic E-state index is 0.0200. The summed E-state index contributed by atoms with van der Waals surface area (Å²) in [7, 11) is 0. The molecule has 0 unspecified atom stereocenters. The fraction of sp³-hybridized carbons (Fsp3) is 0.467. The third kappa shape index (κ3) is 5.70. The summed E-state index contributed by atoms with van der Waals surface area (Å²) in [5.41, 5.74) is 9.35. The number of hydrogen-bond donors (Lipinski definition) is 0. The van der Waals surface area contributed by atoms with Crippen molar-refractivity contribution < 1.29 is 0 Å². The lowest BCUT2D eigenvalue weighted by Crippen LogP contribution is -2.36. The lowest BCUT2D eigenvalue weighted by atomic mass is 9.76. The van der Waals surface area contributed by atoms with Crippen LogP contribution in [0.4, 0.5) is 0 Å². The normalized spacial score (nSPS) is 15.0. The molecule has 1 aliphatic carbocycles. The van der Waals surface area contributed by atoms with E-state index in [1.165, 1.54) is 65.6 Å². The van der Waals surface area contributed by atoms with Gasteiger partial charge in [-0.05, 0) is 74.1 Å². The lowest BCUT2D eigenvalue weighted by Gasteiger charge is -2.40. The van der Waals surface area contributed by atoms with Gasteiger partial charge in [-0.3, -0.25) is 0 Å². The van der Waals surface area contributed by atoms with Gasteiger partial charge in [0, 0.05) is 17.4 Å². The number of allylic oxidation sites excluding steroid dienone is 2. The van der Waals surface area contributed by atoms with Gasteiger partial charge in [0.2, 0.25) is 0 Å². The molecule has 3 rings (SSSR count). The predicted molar refractivity (Wildman–Crippen MR) is 135 cm³/mol. The molecule has 1 nitrogen and oxygen atoms in total. The van der Waals surface area contributed by atoms with Crippen molar-refractivity contribution in [3.8, 4) is 0 Å². The van der Waals surface area contributed by atoms with E-state index in [9.17, 15) is 0 Å². The molecule has 31 heavy (non-hydrogen) atoms. The summed E-state index contributed by atoms with van der Waals surface area (Å²) < 4.78 is 0. The maximum absolute atomic E-state index is 4.56. The van der Waals surface area contributed by atoms with Crippen LogP contribution in [0.3, 0.4) is 0 Å². The van der Waals surface area contributed by atoms with Gasteiger partial charge in [0.05, 0.1) is 0 Å². The summed E-state index contributed by atoms with van der Waals surface area (Å²) in [4.78, 5) is 2.45. The Morgan fingerprint density at radius 1 is 1.00 bits per heavy atom. The van der Waals surface area contributed by atoms with Gasteiger partial charge in [-0.1, -0.05) is 94.3 Å². The van der Waals surface area contributed by atoms with Crippen LogP contribution in [0.5, 0.6) is 0 Å². The maximum atomic E-state index is 4.56. The number of aryl methyl sites for hydroxylation is 1. The van der Waals surface area contributed by atoms with E-state index in [0.717, 1.165) is 18.5 Å². The summed E-state index contributed by atoms with van der Waals surface area (Å²) in [6.07, 6.45) is 8.47. The Morgan fingerprint density at radius 2 is 1.68 bits per heavy atom. The van der Waals surface area contributed by atoms with Crippen LogP contribution in [0.25, 0.3) is 0 Å². The van der Waals surface area contributed by atoms with Crippen molar-refractivity contribution >= 4 is 0 Å². The highest BCUT2D eigenvalue weighted by molar-refractivity contribution is 5.42. The van der Waals surface area contributed by atoms with E-state index in [1.807, 2.05) is 0 Å². The quantitative estimate of drug-likeness (QED) is 0.419. The molecular formula is C30H41N. The molecule has 1 fully saturated rings. The number of rotatable bonds is 8. The molecule has 1 saturated carbocycles. The molecule has 0 aliphatic heterocycles. The standard InChI is InChI=1S/C30H41N/c1-22(2)31(28-16-9-8-10-17-28)24(4)21-30(6,7)29-18-12-15-27(25(29)5)20-26-14-11-13-23(3)19-26/h11-15,18-19,28H,1,4,8-10,16-17,20-21H2,2-3,5-7H3. The zero-order chi connectivity index (χ0) is 22.6. The van der Waals surface area contributed by atoms with Crippen LogP contribution >= 0.6 is 0 Å². The van der Waals surface area contributed by atoms with Crippen molar-refractivity contribution in [2.45, 2.75) is 91.0 Å². The molecule has 0 atom stereocenters. The molecule has 0 bridgehead atoms. The van der Waals surface area contributed by atoms with E-state index in [1.54, 1.807) is 0 Å². The first-order valence-electron chi connectivity index (χ1n) is 12.0. The minimum absolute atomic E-state index is 0.0200. The van der Waals surface area contributed by atoms with Gasteiger partial charge >= 0.3 is 0 Å². The lowest BCUT2D eigenvalue weighted by molar-refractivity contribution is 0.231. The van der Waals surface area contributed by atoms with Crippen LogP contribution in [-0.4, -0.2) is 10.9 Å². The highest BCUT2D eigenvalue weighted by Crippen LogP contribution is 2.37. The largest absolute Gasteiger partial charge is 0.347 e. The summed E-state index contributed by atoms with van der Waals surface area (Å²) in [5.74, 6) is 0. The monoisotopic (exact) mass is 415 g/mol. The summed E-state index contributed by atoms with van der Waals surface area (Å²) in [6.45, 7) is 20.2. The van der Waals surface area contributed by atoms with Crippen LogP contribution in [0, 0.1) is 13.8 Å². The number of benzene rings is 2. The molecular weight excluding hydrogens is 374 g/mol. The molecule has 1 aliphatic rings. The molecule has 0 aromatic heterocycles. The van der Waals surface area contributed by atoms with E-state index >= 15 is 0 Å². The van der Waals surface area contributed by atoms with Crippen molar-refractivity contribution in [3.05, 3.63) is 94.8 Å². The average molecular weight is 416 g/mol. The Kier molecular flexibility index (Phi) is 7.46. The highest BCUT2D eigenvalue weighted by Gasteiger charge is 2.29. The Bertz CT molecular complexity index is 927. The van der Waals surface area contributed by atoms with Crippen molar-refractivity contribution in [3.63, 3.8) is 0 Å².